The van der Waals surface area contributed by atoms with Crippen LogP contribution in [0.4, 0.5) is 5.69 Å². The fraction of sp³-hybridized carbons (Fsp3) is 0.364. The monoisotopic (exact) mass is 401 g/mol. The largest absolute Gasteiger partial charge is 0.352 e. The van der Waals surface area contributed by atoms with Gasteiger partial charge in [-0.2, -0.15) is 0 Å². The molecule has 5 nitrogen and oxygen atoms in total. The van der Waals surface area contributed by atoms with Gasteiger partial charge in [0.15, 0.2) is 0 Å². The van der Waals surface area contributed by atoms with Crippen molar-refractivity contribution >= 4 is 29.9 Å². The van der Waals surface area contributed by atoms with Crippen molar-refractivity contribution in [1.29, 1.82) is 0 Å². The molecule has 6 heteroatoms. The summed E-state index contributed by atoms with van der Waals surface area (Å²) >= 11 is 0. The van der Waals surface area contributed by atoms with Crippen molar-refractivity contribution in [2.45, 2.75) is 45.2 Å². The Morgan fingerprint density at radius 3 is 2.57 bits per heavy atom. The van der Waals surface area contributed by atoms with E-state index in [1.54, 1.807) is 0 Å². The van der Waals surface area contributed by atoms with Gasteiger partial charge < -0.3 is 16.4 Å². The smallest absolute Gasteiger partial charge is 0.255 e. The number of nitrogens with two attached hydrogens (primary N) is 1. The van der Waals surface area contributed by atoms with Crippen LogP contribution < -0.4 is 16.4 Å². The topological polar surface area (TPSA) is 84.2 Å². The second kappa shape index (κ2) is 10.2. The predicted molar refractivity (Wildman–Crippen MR) is 115 cm³/mol. The summed E-state index contributed by atoms with van der Waals surface area (Å²) in [6, 6.07) is 15.1. The van der Waals surface area contributed by atoms with Gasteiger partial charge in [-0.1, -0.05) is 36.2 Å². The Labute approximate surface area is 172 Å². The molecule has 0 aromatic heterocycles. The molecule has 0 radical (unpaired) electrons. The zero-order valence-corrected chi connectivity index (χ0v) is 16.9. The number of amides is 2. The lowest BCUT2D eigenvalue weighted by Crippen LogP contribution is -2.37. The van der Waals surface area contributed by atoms with Crippen LogP contribution in [0.5, 0.6) is 0 Å². The molecular weight excluding hydrogens is 374 g/mol. The first-order valence-electron chi connectivity index (χ1n) is 9.51. The summed E-state index contributed by atoms with van der Waals surface area (Å²) in [4.78, 5) is 24.7. The number of hydrogen-bond acceptors (Lipinski definition) is 3. The summed E-state index contributed by atoms with van der Waals surface area (Å²) in [5.41, 5.74) is 9.37. The van der Waals surface area contributed by atoms with Gasteiger partial charge in [-0.05, 0) is 56.0 Å². The first kappa shape index (κ1) is 21.9. The van der Waals surface area contributed by atoms with Crippen molar-refractivity contribution in [2.75, 3.05) is 5.32 Å². The normalized spacial score (nSPS) is 18.6. The third kappa shape index (κ3) is 6.08. The molecule has 2 atom stereocenters. The van der Waals surface area contributed by atoms with Crippen molar-refractivity contribution in [2.24, 2.45) is 11.7 Å². The van der Waals surface area contributed by atoms with Crippen LogP contribution in [0, 0.1) is 12.8 Å². The zero-order chi connectivity index (χ0) is 19.2. The van der Waals surface area contributed by atoms with Crippen LogP contribution in [0.3, 0.4) is 0 Å². The van der Waals surface area contributed by atoms with Gasteiger partial charge >= 0.3 is 0 Å². The number of rotatable bonds is 5. The van der Waals surface area contributed by atoms with Gasteiger partial charge in [-0.15, -0.1) is 12.4 Å². The molecule has 3 rings (SSSR count). The molecular formula is C22H28ClN3O2. The highest BCUT2D eigenvalue weighted by molar-refractivity contribution is 6.04. The summed E-state index contributed by atoms with van der Waals surface area (Å²) in [6.07, 6.45) is 3.69. The van der Waals surface area contributed by atoms with E-state index in [-0.39, 0.29) is 36.2 Å². The van der Waals surface area contributed by atoms with E-state index >= 15 is 0 Å². The lowest BCUT2D eigenvalue weighted by Gasteiger charge is -2.25. The highest BCUT2D eigenvalue weighted by atomic mass is 35.5. The molecule has 2 aromatic rings. The second-order valence-electron chi connectivity index (χ2n) is 7.36. The lowest BCUT2D eigenvalue weighted by atomic mass is 9.85. The molecule has 1 aliphatic carbocycles. The Balaban J connectivity index is 0.00000280. The predicted octanol–water partition coefficient (Wildman–Crippen LogP) is 3.80. The quantitative estimate of drug-likeness (QED) is 0.712. The third-order valence-electron chi connectivity index (χ3n) is 5.05. The number of halogens is 1. The van der Waals surface area contributed by atoms with Crippen LogP contribution >= 0.6 is 12.4 Å². The Bertz CT molecular complexity index is 808. The van der Waals surface area contributed by atoms with Crippen molar-refractivity contribution in [3.8, 4) is 0 Å². The molecule has 0 bridgehead atoms. The van der Waals surface area contributed by atoms with E-state index < -0.39 is 0 Å². The molecule has 2 unspecified atom stereocenters. The molecule has 150 valence electrons. The molecule has 1 saturated carbocycles. The Hall–Kier alpha value is -2.37. The van der Waals surface area contributed by atoms with Gasteiger partial charge in [0.1, 0.15) is 0 Å². The maximum atomic E-state index is 12.4. The van der Waals surface area contributed by atoms with Crippen LogP contribution in [0.25, 0.3) is 0 Å². The molecule has 0 heterocycles. The van der Waals surface area contributed by atoms with Gasteiger partial charge in [0, 0.05) is 29.8 Å². The van der Waals surface area contributed by atoms with E-state index in [1.807, 2.05) is 55.5 Å². The molecule has 0 spiro atoms. The Morgan fingerprint density at radius 1 is 1.11 bits per heavy atom. The second-order valence-corrected chi connectivity index (χ2v) is 7.36. The maximum absolute atomic E-state index is 12.4. The SMILES string of the molecule is Cc1ccc(C(=O)Nc2cccc(CNC(=O)C3CCCC(N)C3)c2)cc1.Cl. The summed E-state index contributed by atoms with van der Waals surface area (Å²) in [7, 11) is 0. The van der Waals surface area contributed by atoms with Crippen LogP contribution in [-0.2, 0) is 11.3 Å². The van der Waals surface area contributed by atoms with Crippen LogP contribution in [-0.4, -0.2) is 17.9 Å². The summed E-state index contributed by atoms with van der Waals surface area (Å²) in [6.45, 7) is 2.43. The summed E-state index contributed by atoms with van der Waals surface area (Å²) < 4.78 is 0. The number of carbonyl (C=O) groups is 2. The highest BCUT2D eigenvalue weighted by Crippen LogP contribution is 2.23. The van der Waals surface area contributed by atoms with Crippen molar-refractivity contribution in [3.63, 3.8) is 0 Å². The maximum Gasteiger partial charge on any atom is 0.255 e. The van der Waals surface area contributed by atoms with Gasteiger partial charge in [-0.25, -0.2) is 0 Å². The van der Waals surface area contributed by atoms with Crippen molar-refractivity contribution in [1.82, 2.24) is 5.32 Å². The first-order valence-corrected chi connectivity index (χ1v) is 9.51. The number of anilines is 1. The molecule has 1 fully saturated rings. The number of nitrogens with one attached hydrogen (secondary N) is 2. The fourth-order valence-electron chi connectivity index (χ4n) is 3.47. The van der Waals surface area contributed by atoms with Crippen LogP contribution in [0.1, 0.15) is 47.2 Å². The molecule has 0 aliphatic heterocycles. The molecule has 2 amide bonds. The molecule has 0 saturated heterocycles. The minimum atomic E-state index is -0.146. The number of benzene rings is 2. The van der Waals surface area contributed by atoms with Gasteiger partial charge in [0.25, 0.3) is 5.91 Å². The Kier molecular flexibility index (Phi) is 8.03. The van der Waals surface area contributed by atoms with Crippen molar-refractivity contribution in [3.05, 3.63) is 65.2 Å². The summed E-state index contributed by atoms with van der Waals surface area (Å²) in [5, 5.41) is 5.91. The van der Waals surface area contributed by atoms with E-state index in [9.17, 15) is 9.59 Å². The van der Waals surface area contributed by atoms with Gasteiger partial charge in [0.2, 0.25) is 5.91 Å². The zero-order valence-electron chi connectivity index (χ0n) is 16.1. The van der Waals surface area contributed by atoms with Crippen molar-refractivity contribution < 1.29 is 9.59 Å². The average molecular weight is 402 g/mol. The first-order chi connectivity index (χ1) is 13.0. The van der Waals surface area contributed by atoms with E-state index in [0.29, 0.717) is 17.8 Å². The highest BCUT2D eigenvalue weighted by Gasteiger charge is 2.24. The van der Waals surface area contributed by atoms with Gasteiger partial charge in [-0.3, -0.25) is 9.59 Å². The molecule has 1 aliphatic rings. The third-order valence-corrected chi connectivity index (χ3v) is 5.05. The van der Waals surface area contributed by atoms with E-state index in [4.69, 9.17) is 5.73 Å². The summed E-state index contributed by atoms with van der Waals surface area (Å²) in [5.74, 6) is -0.0650. The van der Waals surface area contributed by atoms with E-state index in [2.05, 4.69) is 10.6 Å². The fourth-order valence-corrected chi connectivity index (χ4v) is 3.47. The average Bonchev–Trinajstić information content (AvgIpc) is 2.67. The van der Waals surface area contributed by atoms with Crippen LogP contribution in [0.2, 0.25) is 0 Å². The lowest BCUT2D eigenvalue weighted by molar-refractivity contribution is -0.126. The standard InChI is InChI=1S/C22H27N3O2.ClH/c1-15-8-10-17(11-9-15)22(27)25-20-7-2-4-16(12-20)14-24-21(26)18-5-3-6-19(23)13-18;/h2,4,7-12,18-19H,3,5-6,13-14,23H2,1H3,(H,24,26)(H,25,27);1H. The number of carbonyl (C=O) groups excluding carboxylic acids is 2. The Morgan fingerprint density at radius 2 is 1.86 bits per heavy atom. The minimum Gasteiger partial charge on any atom is -0.352 e. The number of aryl methyl sites for hydroxylation is 1. The molecule has 2 aromatic carbocycles. The van der Waals surface area contributed by atoms with E-state index in [1.165, 1.54) is 0 Å². The molecule has 28 heavy (non-hydrogen) atoms. The van der Waals surface area contributed by atoms with E-state index in [0.717, 1.165) is 36.8 Å². The minimum absolute atomic E-state index is 0. The number of hydrogen-bond donors (Lipinski definition) is 3. The molecule has 4 N–H and O–H groups in total. The van der Waals surface area contributed by atoms with Gasteiger partial charge in [0.05, 0.1) is 0 Å². The van der Waals surface area contributed by atoms with Crippen LogP contribution in [0.15, 0.2) is 48.5 Å².